The van der Waals surface area contributed by atoms with Gasteiger partial charge in [0.25, 0.3) is 0 Å². The van der Waals surface area contributed by atoms with Crippen molar-refractivity contribution in [3.05, 3.63) is 29.8 Å². The van der Waals surface area contributed by atoms with E-state index in [4.69, 9.17) is 4.74 Å². The highest BCUT2D eigenvalue weighted by Crippen LogP contribution is 2.13. The Morgan fingerprint density at radius 3 is 2.31 bits per heavy atom. The van der Waals surface area contributed by atoms with Gasteiger partial charge in [0.05, 0.1) is 7.11 Å². The summed E-state index contributed by atoms with van der Waals surface area (Å²) in [6.07, 6.45) is -1.45. The molecule has 0 N–H and O–H groups in total. The predicted octanol–water partition coefficient (Wildman–Crippen LogP) is 2.24. The normalized spacial score (nSPS) is 12.2. The highest BCUT2D eigenvalue weighted by Gasteiger charge is 2.12. The molecule has 0 heterocycles. The first-order valence-corrected chi connectivity index (χ1v) is 3.97. The zero-order valence-corrected chi connectivity index (χ0v) is 7.58. The Hall–Kier alpha value is -1.38. The minimum absolute atomic E-state index is 0.371. The number of alkyl halides is 1. The van der Waals surface area contributed by atoms with Crippen LogP contribution in [-0.4, -0.2) is 19.1 Å². The lowest BCUT2D eigenvalue weighted by Crippen LogP contribution is -2.11. The molecule has 0 bridgehead atoms. The van der Waals surface area contributed by atoms with Crippen LogP contribution in [0.3, 0.4) is 0 Å². The molecule has 0 aliphatic carbocycles. The minimum atomic E-state index is -1.45. The van der Waals surface area contributed by atoms with Gasteiger partial charge in [0, 0.05) is 5.56 Å². The lowest BCUT2D eigenvalue weighted by Gasteiger charge is -2.02. The molecule has 0 radical (unpaired) electrons. The lowest BCUT2D eigenvalue weighted by atomic mass is 10.1. The quantitative estimate of drug-likeness (QED) is 0.670. The summed E-state index contributed by atoms with van der Waals surface area (Å²) < 4.78 is 17.5. The van der Waals surface area contributed by atoms with E-state index in [0.29, 0.717) is 11.3 Å². The number of rotatable bonds is 3. The lowest BCUT2D eigenvalue weighted by molar-refractivity contribution is 0.0893. The SMILES string of the molecule is COc1ccc(C(=O)[C@@H](C)F)cc1. The summed E-state index contributed by atoms with van der Waals surface area (Å²) in [6.45, 7) is 1.23. The molecule has 1 rings (SSSR count). The number of carbonyl (C=O) groups is 1. The fraction of sp³-hybridized carbons (Fsp3) is 0.300. The van der Waals surface area contributed by atoms with Gasteiger partial charge in [-0.05, 0) is 31.2 Å². The number of ether oxygens (including phenoxy) is 1. The summed E-state index contributed by atoms with van der Waals surface area (Å²) >= 11 is 0. The van der Waals surface area contributed by atoms with Gasteiger partial charge in [0.2, 0.25) is 0 Å². The zero-order chi connectivity index (χ0) is 9.84. The Morgan fingerprint density at radius 2 is 1.92 bits per heavy atom. The van der Waals surface area contributed by atoms with Crippen LogP contribution in [0.25, 0.3) is 0 Å². The van der Waals surface area contributed by atoms with Gasteiger partial charge in [-0.3, -0.25) is 4.79 Å². The van der Waals surface area contributed by atoms with Crippen molar-refractivity contribution in [2.75, 3.05) is 7.11 Å². The molecule has 0 fully saturated rings. The average Bonchev–Trinajstić information content (AvgIpc) is 2.17. The molecule has 0 spiro atoms. The summed E-state index contributed by atoms with van der Waals surface area (Å²) in [4.78, 5) is 11.1. The van der Waals surface area contributed by atoms with Crippen LogP contribution in [0.15, 0.2) is 24.3 Å². The van der Waals surface area contributed by atoms with Crippen molar-refractivity contribution in [3.63, 3.8) is 0 Å². The number of Topliss-reactive ketones (excluding diaryl/α,β-unsaturated/α-hetero) is 1. The standard InChI is InChI=1S/C10H11FO2/c1-7(11)10(12)8-3-5-9(13-2)6-4-8/h3-7H,1-2H3/t7-/m1/s1. The summed E-state index contributed by atoms with van der Waals surface area (Å²) in [5, 5.41) is 0. The molecule has 1 atom stereocenters. The van der Waals surface area contributed by atoms with Gasteiger partial charge in [-0.15, -0.1) is 0 Å². The van der Waals surface area contributed by atoms with Gasteiger partial charge in [-0.1, -0.05) is 0 Å². The van der Waals surface area contributed by atoms with E-state index in [9.17, 15) is 9.18 Å². The monoisotopic (exact) mass is 182 g/mol. The third-order valence-corrected chi connectivity index (χ3v) is 1.74. The van der Waals surface area contributed by atoms with Crippen LogP contribution >= 0.6 is 0 Å². The number of benzene rings is 1. The largest absolute Gasteiger partial charge is 0.497 e. The fourth-order valence-electron chi connectivity index (χ4n) is 0.985. The third kappa shape index (κ3) is 2.28. The van der Waals surface area contributed by atoms with Crippen LogP contribution in [0.5, 0.6) is 5.75 Å². The number of hydrogen-bond acceptors (Lipinski definition) is 2. The van der Waals surface area contributed by atoms with E-state index >= 15 is 0 Å². The van der Waals surface area contributed by atoms with Crippen LogP contribution < -0.4 is 4.74 Å². The Morgan fingerprint density at radius 1 is 1.38 bits per heavy atom. The zero-order valence-electron chi connectivity index (χ0n) is 7.58. The molecular weight excluding hydrogens is 171 g/mol. The molecule has 0 aliphatic rings. The molecule has 13 heavy (non-hydrogen) atoms. The number of carbonyl (C=O) groups excluding carboxylic acids is 1. The van der Waals surface area contributed by atoms with Crippen molar-refractivity contribution >= 4 is 5.78 Å². The number of hydrogen-bond donors (Lipinski definition) is 0. The van der Waals surface area contributed by atoms with Crippen molar-refractivity contribution < 1.29 is 13.9 Å². The van der Waals surface area contributed by atoms with E-state index in [2.05, 4.69) is 0 Å². The van der Waals surface area contributed by atoms with Crippen molar-refractivity contribution in [2.45, 2.75) is 13.1 Å². The minimum Gasteiger partial charge on any atom is -0.497 e. The van der Waals surface area contributed by atoms with Gasteiger partial charge in [0.15, 0.2) is 12.0 Å². The van der Waals surface area contributed by atoms with Crippen LogP contribution in [0.1, 0.15) is 17.3 Å². The Balaban J connectivity index is 2.86. The summed E-state index contributed by atoms with van der Waals surface area (Å²) in [6, 6.07) is 6.37. The number of methoxy groups -OCH3 is 1. The first-order chi connectivity index (χ1) is 6.15. The second-order valence-electron chi connectivity index (χ2n) is 2.71. The van der Waals surface area contributed by atoms with Crippen molar-refractivity contribution in [2.24, 2.45) is 0 Å². The van der Waals surface area contributed by atoms with Crippen LogP contribution in [-0.2, 0) is 0 Å². The Kier molecular flexibility index (Phi) is 3.01. The molecule has 0 saturated heterocycles. The van der Waals surface area contributed by atoms with Gasteiger partial charge in [-0.2, -0.15) is 0 Å². The second kappa shape index (κ2) is 4.03. The maximum absolute atomic E-state index is 12.6. The fourth-order valence-corrected chi connectivity index (χ4v) is 0.985. The average molecular weight is 182 g/mol. The molecular formula is C10H11FO2. The van der Waals surface area contributed by atoms with E-state index < -0.39 is 12.0 Å². The van der Waals surface area contributed by atoms with Gasteiger partial charge < -0.3 is 4.74 Å². The molecule has 1 aromatic rings. The number of ketones is 1. The molecule has 3 heteroatoms. The molecule has 0 amide bonds. The van der Waals surface area contributed by atoms with Gasteiger partial charge in [0.1, 0.15) is 5.75 Å². The molecule has 0 aliphatic heterocycles. The van der Waals surface area contributed by atoms with Crippen molar-refractivity contribution in [1.82, 2.24) is 0 Å². The van der Waals surface area contributed by atoms with Crippen LogP contribution in [0, 0.1) is 0 Å². The molecule has 0 unspecified atom stereocenters. The molecule has 2 nitrogen and oxygen atoms in total. The number of halogens is 1. The van der Waals surface area contributed by atoms with E-state index in [1.165, 1.54) is 14.0 Å². The van der Waals surface area contributed by atoms with Crippen molar-refractivity contribution in [1.29, 1.82) is 0 Å². The predicted molar refractivity (Wildman–Crippen MR) is 47.9 cm³/mol. The smallest absolute Gasteiger partial charge is 0.196 e. The van der Waals surface area contributed by atoms with E-state index in [-0.39, 0.29) is 0 Å². The first-order valence-electron chi connectivity index (χ1n) is 3.97. The summed E-state index contributed by atoms with van der Waals surface area (Å²) in [5.74, 6) is 0.158. The third-order valence-electron chi connectivity index (χ3n) is 1.74. The maximum Gasteiger partial charge on any atom is 0.196 e. The summed E-state index contributed by atoms with van der Waals surface area (Å²) in [7, 11) is 1.54. The van der Waals surface area contributed by atoms with E-state index in [0.717, 1.165) is 0 Å². The highest BCUT2D eigenvalue weighted by molar-refractivity contribution is 5.99. The summed E-state index contributed by atoms with van der Waals surface area (Å²) in [5.41, 5.74) is 0.371. The first kappa shape index (κ1) is 9.71. The van der Waals surface area contributed by atoms with Gasteiger partial charge in [-0.25, -0.2) is 4.39 Å². The molecule has 70 valence electrons. The van der Waals surface area contributed by atoms with E-state index in [1.807, 2.05) is 0 Å². The Labute approximate surface area is 76.3 Å². The second-order valence-corrected chi connectivity index (χ2v) is 2.71. The molecule has 1 aromatic carbocycles. The Bertz CT molecular complexity index is 290. The molecule has 0 aromatic heterocycles. The van der Waals surface area contributed by atoms with Crippen LogP contribution in [0.2, 0.25) is 0 Å². The molecule has 0 saturated carbocycles. The van der Waals surface area contributed by atoms with E-state index in [1.54, 1.807) is 24.3 Å². The van der Waals surface area contributed by atoms with Crippen LogP contribution in [0.4, 0.5) is 4.39 Å². The van der Waals surface area contributed by atoms with Crippen molar-refractivity contribution in [3.8, 4) is 5.75 Å². The maximum atomic E-state index is 12.6. The topological polar surface area (TPSA) is 26.3 Å². The van der Waals surface area contributed by atoms with Gasteiger partial charge >= 0.3 is 0 Å². The highest BCUT2D eigenvalue weighted by atomic mass is 19.1.